The number of para-hydroxylation sites is 1. The van der Waals surface area contributed by atoms with Crippen LogP contribution in [0.5, 0.6) is 0 Å². The monoisotopic (exact) mass is 267 g/mol. The van der Waals surface area contributed by atoms with Crippen molar-refractivity contribution in [2.45, 2.75) is 32.2 Å². The third-order valence-electron chi connectivity index (χ3n) is 3.20. The maximum atomic E-state index is 3.51. The van der Waals surface area contributed by atoms with E-state index < -0.39 is 0 Å². The number of hydrogen-bond acceptors (Lipinski definition) is 1. The van der Waals surface area contributed by atoms with Crippen LogP contribution in [0.15, 0.2) is 24.3 Å². The van der Waals surface area contributed by atoms with Gasteiger partial charge in [-0.05, 0) is 37.8 Å². The molecule has 82 valence electrons. The van der Waals surface area contributed by atoms with E-state index in [1.54, 1.807) is 0 Å². The zero-order valence-corrected chi connectivity index (χ0v) is 10.8. The highest BCUT2D eigenvalue weighted by Gasteiger charge is 2.21. The molecule has 2 rings (SSSR count). The zero-order valence-electron chi connectivity index (χ0n) is 9.25. The van der Waals surface area contributed by atoms with Gasteiger partial charge in [0.1, 0.15) is 0 Å². The second kappa shape index (κ2) is 5.02. The van der Waals surface area contributed by atoms with E-state index in [9.17, 15) is 0 Å². The number of rotatable bonds is 3. The van der Waals surface area contributed by atoms with Crippen molar-refractivity contribution in [2.24, 2.45) is 0 Å². The van der Waals surface area contributed by atoms with Gasteiger partial charge in [0.15, 0.2) is 0 Å². The van der Waals surface area contributed by atoms with Crippen LogP contribution in [-0.2, 0) is 6.42 Å². The molecule has 1 aliphatic heterocycles. The molecule has 15 heavy (non-hydrogen) atoms. The molecule has 2 heteroatoms. The number of anilines is 1. The summed E-state index contributed by atoms with van der Waals surface area (Å²) in [6.07, 6.45) is 3.75. The molecule has 1 aromatic rings. The average molecular weight is 268 g/mol. The SMILES string of the molecule is CC1CCc2ccccc2N1CCCBr. The summed E-state index contributed by atoms with van der Waals surface area (Å²) in [5.41, 5.74) is 2.97. The van der Waals surface area contributed by atoms with Gasteiger partial charge < -0.3 is 4.90 Å². The fourth-order valence-corrected chi connectivity index (χ4v) is 2.58. The highest BCUT2D eigenvalue weighted by molar-refractivity contribution is 9.09. The van der Waals surface area contributed by atoms with Crippen LogP contribution in [0.4, 0.5) is 5.69 Å². The molecule has 0 spiro atoms. The van der Waals surface area contributed by atoms with Gasteiger partial charge in [0, 0.05) is 23.6 Å². The first-order valence-corrected chi connectivity index (χ1v) is 6.85. The molecule has 0 saturated heterocycles. The van der Waals surface area contributed by atoms with E-state index in [1.807, 2.05) is 0 Å². The molecule has 1 heterocycles. The second-order valence-electron chi connectivity index (χ2n) is 4.25. The molecule has 1 aliphatic rings. The van der Waals surface area contributed by atoms with E-state index in [4.69, 9.17) is 0 Å². The summed E-state index contributed by atoms with van der Waals surface area (Å²) in [5, 5.41) is 1.10. The van der Waals surface area contributed by atoms with Gasteiger partial charge in [0.25, 0.3) is 0 Å². The van der Waals surface area contributed by atoms with Gasteiger partial charge >= 0.3 is 0 Å². The van der Waals surface area contributed by atoms with Crippen molar-refractivity contribution in [3.8, 4) is 0 Å². The molecule has 1 aromatic carbocycles. The molecule has 0 aromatic heterocycles. The van der Waals surface area contributed by atoms with Gasteiger partial charge in [-0.25, -0.2) is 0 Å². The predicted molar refractivity (Wildman–Crippen MR) is 70.0 cm³/mol. The fourth-order valence-electron chi connectivity index (χ4n) is 2.33. The summed E-state index contributed by atoms with van der Waals surface area (Å²) in [6, 6.07) is 9.52. The molecule has 0 N–H and O–H groups in total. The molecule has 0 radical (unpaired) electrons. The Morgan fingerprint density at radius 2 is 2.20 bits per heavy atom. The highest BCUT2D eigenvalue weighted by atomic mass is 79.9. The highest BCUT2D eigenvalue weighted by Crippen LogP contribution is 2.30. The van der Waals surface area contributed by atoms with Crippen molar-refractivity contribution in [1.82, 2.24) is 0 Å². The van der Waals surface area contributed by atoms with E-state index in [-0.39, 0.29) is 0 Å². The summed E-state index contributed by atoms with van der Waals surface area (Å²) in [6.45, 7) is 3.51. The minimum atomic E-state index is 0.693. The van der Waals surface area contributed by atoms with Crippen molar-refractivity contribution in [1.29, 1.82) is 0 Å². The van der Waals surface area contributed by atoms with Gasteiger partial charge in [-0.2, -0.15) is 0 Å². The molecular formula is C13H18BrN. The summed E-state index contributed by atoms with van der Waals surface area (Å²) in [7, 11) is 0. The minimum Gasteiger partial charge on any atom is -0.369 e. The lowest BCUT2D eigenvalue weighted by Crippen LogP contribution is -2.38. The van der Waals surface area contributed by atoms with Gasteiger partial charge in [-0.15, -0.1) is 0 Å². The van der Waals surface area contributed by atoms with Gasteiger partial charge in [0.2, 0.25) is 0 Å². The Balaban J connectivity index is 2.21. The van der Waals surface area contributed by atoms with Gasteiger partial charge in [-0.3, -0.25) is 0 Å². The van der Waals surface area contributed by atoms with Crippen LogP contribution in [0.25, 0.3) is 0 Å². The maximum Gasteiger partial charge on any atom is 0.0401 e. The van der Waals surface area contributed by atoms with Gasteiger partial charge in [-0.1, -0.05) is 34.1 Å². The molecule has 0 aliphatic carbocycles. The van der Waals surface area contributed by atoms with Crippen molar-refractivity contribution >= 4 is 21.6 Å². The van der Waals surface area contributed by atoms with E-state index in [1.165, 1.54) is 37.1 Å². The Bertz CT molecular complexity index is 324. The minimum absolute atomic E-state index is 0.693. The zero-order chi connectivity index (χ0) is 10.7. The van der Waals surface area contributed by atoms with Crippen LogP contribution in [0.3, 0.4) is 0 Å². The van der Waals surface area contributed by atoms with Crippen LogP contribution in [0.2, 0.25) is 0 Å². The number of benzene rings is 1. The molecule has 0 saturated carbocycles. The molecular weight excluding hydrogens is 250 g/mol. The Kier molecular flexibility index (Phi) is 3.68. The van der Waals surface area contributed by atoms with Crippen LogP contribution in [-0.4, -0.2) is 17.9 Å². The normalized spacial score (nSPS) is 20.1. The molecule has 0 bridgehead atoms. The Hall–Kier alpha value is -0.500. The van der Waals surface area contributed by atoms with Crippen molar-refractivity contribution in [3.63, 3.8) is 0 Å². The number of alkyl halides is 1. The summed E-state index contributed by atoms with van der Waals surface area (Å²) >= 11 is 3.51. The fraction of sp³-hybridized carbons (Fsp3) is 0.538. The third kappa shape index (κ3) is 2.36. The number of fused-ring (bicyclic) bond motifs is 1. The van der Waals surface area contributed by atoms with E-state index >= 15 is 0 Å². The summed E-state index contributed by atoms with van der Waals surface area (Å²) < 4.78 is 0. The summed E-state index contributed by atoms with van der Waals surface area (Å²) in [4.78, 5) is 2.56. The van der Waals surface area contributed by atoms with Crippen molar-refractivity contribution in [3.05, 3.63) is 29.8 Å². The first-order valence-electron chi connectivity index (χ1n) is 5.73. The first kappa shape index (κ1) is 11.0. The largest absolute Gasteiger partial charge is 0.369 e. The van der Waals surface area contributed by atoms with Crippen molar-refractivity contribution < 1.29 is 0 Å². The number of aryl methyl sites for hydroxylation is 1. The summed E-state index contributed by atoms with van der Waals surface area (Å²) in [5.74, 6) is 0. The predicted octanol–water partition coefficient (Wildman–Crippen LogP) is 3.61. The molecule has 1 unspecified atom stereocenters. The molecule has 0 amide bonds. The second-order valence-corrected chi connectivity index (χ2v) is 5.05. The van der Waals surface area contributed by atoms with Crippen LogP contribution in [0, 0.1) is 0 Å². The first-order chi connectivity index (χ1) is 7.33. The number of hydrogen-bond donors (Lipinski definition) is 0. The van der Waals surface area contributed by atoms with Crippen LogP contribution >= 0.6 is 15.9 Å². The lowest BCUT2D eigenvalue weighted by molar-refractivity contribution is 0.560. The lowest BCUT2D eigenvalue weighted by atomic mass is 9.96. The van der Waals surface area contributed by atoms with Crippen LogP contribution in [0.1, 0.15) is 25.3 Å². The van der Waals surface area contributed by atoms with Crippen molar-refractivity contribution in [2.75, 3.05) is 16.8 Å². The number of halogens is 1. The van der Waals surface area contributed by atoms with E-state index in [0.717, 1.165) is 5.33 Å². The standard InChI is InChI=1S/C13H18BrN/c1-11-7-8-12-5-2-3-6-13(12)15(11)10-4-9-14/h2-3,5-6,11H,4,7-10H2,1H3. The van der Waals surface area contributed by atoms with E-state index in [0.29, 0.717) is 6.04 Å². The molecule has 1 nitrogen and oxygen atoms in total. The van der Waals surface area contributed by atoms with E-state index in [2.05, 4.69) is 52.0 Å². The maximum absolute atomic E-state index is 3.51. The van der Waals surface area contributed by atoms with Crippen LogP contribution < -0.4 is 4.90 Å². The lowest BCUT2D eigenvalue weighted by Gasteiger charge is -2.37. The molecule has 0 fully saturated rings. The topological polar surface area (TPSA) is 3.24 Å². The Morgan fingerprint density at radius 1 is 1.40 bits per heavy atom. The number of nitrogens with zero attached hydrogens (tertiary/aromatic N) is 1. The Morgan fingerprint density at radius 3 is 3.00 bits per heavy atom. The molecule has 1 atom stereocenters. The third-order valence-corrected chi connectivity index (χ3v) is 3.76. The average Bonchev–Trinajstić information content (AvgIpc) is 2.28. The quantitative estimate of drug-likeness (QED) is 0.757. The Labute approximate surface area is 101 Å². The van der Waals surface area contributed by atoms with Gasteiger partial charge in [0.05, 0.1) is 0 Å². The smallest absolute Gasteiger partial charge is 0.0401 e.